The highest BCUT2D eigenvalue weighted by molar-refractivity contribution is 5.76. The maximum atomic E-state index is 10.7. The SMILES string of the molecule is CN1CCN(C)C(CNCC(C)(O)C(=O)O)C1. The number of rotatable bonds is 5. The monoisotopic (exact) mass is 245 g/mol. The van der Waals surface area contributed by atoms with Crippen molar-refractivity contribution in [3.63, 3.8) is 0 Å². The Morgan fingerprint density at radius 2 is 2.12 bits per heavy atom. The van der Waals surface area contributed by atoms with Crippen LogP contribution in [0.1, 0.15) is 6.92 Å². The molecule has 1 rings (SSSR count). The highest BCUT2D eigenvalue weighted by Crippen LogP contribution is 2.06. The van der Waals surface area contributed by atoms with Gasteiger partial charge >= 0.3 is 5.97 Å². The molecule has 0 bridgehead atoms. The molecule has 1 aliphatic rings. The molecular weight excluding hydrogens is 222 g/mol. The summed E-state index contributed by atoms with van der Waals surface area (Å²) in [5, 5.41) is 21.3. The van der Waals surface area contributed by atoms with E-state index in [2.05, 4.69) is 29.2 Å². The number of nitrogens with zero attached hydrogens (tertiary/aromatic N) is 2. The third-order valence-corrected chi connectivity index (χ3v) is 3.29. The largest absolute Gasteiger partial charge is 0.479 e. The molecule has 2 unspecified atom stereocenters. The van der Waals surface area contributed by atoms with E-state index in [1.54, 1.807) is 0 Å². The normalized spacial score (nSPS) is 26.7. The van der Waals surface area contributed by atoms with Crippen molar-refractivity contribution in [2.45, 2.75) is 18.6 Å². The van der Waals surface area contributed by atoms with Crippen LogP contribution in [0.15, 0.2) is 0 Å². The third-order valence-electron chi connectivity index (χ3n) is 3.29. The molecule has 0 amide bonds. The zero-order valence-electron chi connectivity index (χ0n) is 10.8. The van der Waals surface area contributed by atoms with Gasteiger partial charge in [0.2, 0.25) is 0 Å². The number of aliphatic hydroxyl groups is 1. The second kappa shape index (κ2) is 5.77. The predicted molar refractivity (Wildman–Crippen MR) is 65.0 cm³/mol. The summed E-state index contributed by atoms with van der Waals surface area (Å²) in [6, 6.07) is 0.360. The minimum atomic E-state index is -1.70. The summed E-state index contributed by atoms with van der Waals surface area (Å²) in [5.41, 5.74) is -1.70. The lowest BCUT2D eigenvalue weighted by Gasteiger charge is -2.38. The first-order valence-electron chi connectivity index (χ1n) is 5.88. The van der Waals surface area contributed by atoms with Gasteiger partial charge in [0.05, 0.1) is 0 Å². The van der Waals surface area contributed by atoms with Gasteiger partial charge in [-0.25, -0.2) is 4.79 Å². The van der Waals surface area contributed by atoms with Crippen LogP contribution in [0.2, 0.25) is 0 Å². The highest BCUT2D eigenvalue weighted by atomic mass is 16.4. The smallest absolute Gasteiger partial charge is 0.336 e. The standard InChI is InChI=1S/C11H23N3O3/c1-11(17,10(15)16)8-12-6-9-7-13(2)4-5-14(9)3/h9,12,17H,4-8H2,1-3H3,(H,15,16). The molecule has 0 aliphatic carbocycles. The average molecular weight is 245 g/mol. The van der Waals surface area contributed by atoms with Crippen LogP contribution < -0.4 is 5.32 Å². The zero-order valence-corrected chi connectivity index (χ0v) is 10.8. The van der Waals surface area contributed by atoms with Crippen molar-refractivity contribution >= 4 is 5.97 Å². The second-order valence-electron chi connectivity index (χ2n) is 5.11. The van der Waals surface area contributed by atoms with Gasteiger partial charge in [0, 0.05) is 38.8 Å². The number of carboxylic acid groups (broad SMARTS) is 1. The number of likely N-dealkylation sites (N-methyl/N-ethyl adjacent to an activating group) is 2. The summed E-state index contributed by atoms with van der Waals surface area (Å²) >= 11 is 0. The molecule has 0 aromatic carbocycles. The lowest BCUT2D eigenvalue weighted by atomic mass is 10.1. The Bertz CT molecular complexity index is 271. The van der Waals surface area contributed by atoms with Gasteiger partial charge in [-0.15, -0.1) is 0 Å². The van der Waals surface area contributed by atoms with E-state index in [0.717, 1.165) is 19.6 Å². The molecule has 0 aromatic heterocycles. The molecular formula is C11H23N3O3. The van der Waals surface area contributed by atoms with Crippen LogP contribution >= 0.6 is 0 Å². The van der Waals surface area contributed by atoms with Crippen LogP contribution in [0.4, 0.5) is 0 Å². The quantitative estimate of drug-likeness (QED) is 0.556. The van der Waals surface area contributed by atoms with Crippen molar-refractivity contribution in [1.82, 2.24) is 15.1 Å². The van der Waals surface area contributed by atoms with Gasteiger partial charge in [-0.2, -0.15) is 0 Å². The van der Waals surface area contributed by atoms with E-state index in [0.29, 0.717) is 12.6 Å². The maximum absolute atomic E-state index is 10.7. The molecule has 17 heavy (non-hydrogen) atoms. The molecule has 3 N–H and O–H groups in total. The van der Waals surface area contributed by atoms with Crippen molar-refractivity contribution in [2.75, 3.05) is 46.8 Å². The maximum Gasteiger partial charge on any atom is 0.336 e. The van der Waals surface area contributed by atoms with E-state index < -0.39 is 11.6 Å². The molecule has 0 spiro atoms. The Balaban J connectivity index is 2.32. The average Bonchev–Trinajstić information content (AvgIpc) is 2.22. The predicted octanol–water partition coefficient (Wildman–Crippen LogP) is -1.34. The fourth-order valence-corrected chi connectivity index (χ4v) is 1.88. The van der Waals surface area contributed by atoms with Gasteiger partial charge in [0.15, 0.2) is 5.60 Å². The summed E-state index contributed by atoms with van der Waals surface area (Å²) in [6.07, 6.45) is 0. The van der Waals surface area contributed by atoms with Crippen molar-refractivity contribution in [1.29, 1.82) is 0 Å². The minimum Gasteiger partial charge on any atom is -0.479 e. The first kappa shape index (κ1) is 14.4. The Morgan fingerprint density at radius 1 is 1.47 bits per heavy atom. The van der Waals surface area contributed by atoms with E-state index in [9.17, 15) is 9.90 Å². The van der Waals surface area contributed by atoms with Crippen molar-refractivity contribution < 1.29 is 15.0 Å². The summed E-state index contributed by atoms with van der Waals surface area (Å²) in [7, 11) is 4.14. The topological polar surface area (TPSA) is 76.0 Å². The summed E-state index contributed by atoms with van der Waals surface area (Å²) in [6.45, 7) is 5.08. The van der Waals surface area contributed by atoms with Crippen molar-refractivity contribution in [3.05, 3.63) is 0 Å². The molecule has 0 radical (unpaired) electrons. The number of carboxylic acids is 1. The third kappa shape index (κ3) is 4.23. The van der Waals surface area contributed by atoms with E-state index in [1.165, 1.54) is 6.92 Å². The van der Waals surface area contributed by atoms with Gasteiger partial charge in [-0.3, -0.25) is 4.90 Å². The fraction of sp³-hybridized carbons (Fsp3) is 0.909. The number of hydrogen-bond donors (Lipinski definition) is 3. The molecule has 1 aliphatic heterocycles. The van der Waals surface area contributed by atoms with Gasteiger partial charge in [0.25, 0.3) is 0 Å². The molecule has 6 nitrogen and oxygen atoms in total. The summed E-state index contributed by atoms with van der Waals surface area (Å²) < 4.78 is 0. The second-order valence-corrected chi connectivity index (χ2v) is 5.11. The van der Waals surface area contributed by atoms with Crippen LogP contribution in [0, 0.1) is 0 Å². The van der Waals surface area contributed by atoms with Crippen LogP contribution in [0.5, 0.6) is 0 Å². The Morgan fingerprint density at radius 3 is 2.71 bits per heavy atom. The van der Waals surface area contributed by atoms with Crippen LogP contribution in [0.3, 0.4) is 0 Å². The molecule has 2 atom stereocenters. The number of carbonyl (C=O) groups is 1. The van der Waals surface area contributed by atoms with E-state index in [4.69, 9.17) is 5.11 Å². The van der Waals surface area contributed by atoms with Crippen LogP contribution in [-0.4, -0.2) is 84.4 Å². The fourth-order valence-electron chi connectivity index (χ4n) is 1.88. The first-order valence-corrected chi connectivity index (χ1v) is 5.88. The van der Waals surface area contributed by atoms with Crippen LogP contribution in [-0.2, 0) is 4.79 Å². The Kier molecular flexibility index (Phi) is 4.88. The number of nitrogens with one attached hydrogen (secondary N) is 1. The lowest BCUT2D eigenvalue weighted by molar-refractivity contribution is -0.156. The van der Waals surface area contributed by atoms with Crippen LogP contribution in [0.25, 0.3) is 0 Å². The van der Waals surface area contributed by atoms with Crippen molar-refractivity contribution in [2.24, 2.45) is 0 Å². The van der Waals surface area contributed by atoms with E-state index in [1.807, 2.05) is 0 Å². The zero-order chi connectivity index (χ0) is 13.1. The molecule has 1 fully saturated rings. The molecule has 0 aromatic rings. The molecule has 0 saturated carbocycles. The summed E-state index contributed by atoms with van der Waals surface area (Å²) in [4.78, 5) is 15.2. The van der Waals surface area contributed by atoms with E-state index >= 15 is 0 Å². The minimum absolute atomic E-state index is 0.0659. The molecule has 1 heterocycles. The van der Waals surface area contributed by atoms with Crippen molar-refractivity contribution in [3.8, 4) is 0 Å². The molecule has 100 valence electrons. The van der Waals surface area contributed by atoms with E-state index in [-0.39, 0.29) is 6.54 Å². The van der Waals surface area contributed by atoms with Gasteiger partial charge in [-0.05, 0) is 21.0 Å². The van der Waals surface area contributed by atoms with Gasteiger partial charge in [-0.1, -0.05) is 0 Å². The number of aliphatic carboxylic acids is 1. The Hall–Kier alpha value is -0.690. The molecule has 6 heteroatoms. The number of hydrogen-bond acceptors (Lipinski definition) is 5. The first-order chi connectivity index (χ1) is 7.83. The lowest BCUT2D eigenvalue weighted by Crippen LogP contribution is -2.55. The van der Waals surface area contributed by atoms with Gasteiger partial charge in [0.1, 0.15) is 0 Å². The summed E-state index contributed by atoms with van der Waals surface area (Å²) in [5.74, 6) is -1.20. The Labute approximate surface area is 102 Å². The van der Waals surface area contributed by atoms with Gasteiger partial charge < -0.3 is 20.4 Å². The molecule has 1 saturated heterocycles. The number of piperazine rings is 1. The highest BCUT2D eigenvalue weighted by Gasteiger charge is 2.30.